The summed E-state index contributed by atoms with van der Waals surface area (Å²) >= 11 is 4.77. The second-order valence-corrected chi connectivity index (χ2v) is 5.14. The quantitative estimate of drug-likeness (QED) is 0.928. The molecular formula is C11H10BrFN2S. The van der Waals surface area contributed by atoms with Gasteiger partial charge in [0.1, 0.15) is 5.82 Å². The lowest BCUT2D eigenvalue weighted by Gasteiger charge is -2.06. The van der Waals surface area contributed by atoms with Gasteiger partial charge in [0.05, 0.1) is 22.2 Å². The van der Waals surface area contributed by atoms with Gasteiger partial charge in [-0.3, -0.25) is 0 Å². The van der Waals surface area contributed by atoms with Crippen LogP contribution in [0.1, 0.15) is 10.6 Å². The average molecular weight is 301 g/mol. The predicted octanol–water partition coefficient (Wildman–Crippen LogP) is 3.97. The van der Waals surface area contributed by atoms with E-state index in [2.05, 4.69) is 26.2 Å². The van der Waals surface area contributed by atoms with Crippen molar-refractivity contribution in [1.29, 1.82) is 0 Å². The zero-order valence-corrected chi connectivity index (χ0v) is 11.0. The van der Waals surface area contributed by atoms with Gasteiger partial charge < -0.3 is 5.32 Å². The molecule has 0 saturated heterocycles. The Morgan fingerprint density at radius 1 is 1.50 bits per heavy atom. The van der Waals surface area contributed by atoms with Gasteiger partial charge in [0, 0.05) is 10.6 Å². The zero-order chi connectivity index (χ0) is 11.5. The highest BCUT2D eigenvalue weighted by molar-refractivity contribution is 9.10. The fourth-order valence-electron chi connectivity index (χ4n) is 1.28. The summed E-state index contributed by atoms with van der Waals surface area (Å²) in [7, 11) is 0. The number of aryl methyl sites for hydroxylation is 1. The van der Waals surface area contributed by atoms with Crippen molar-refractivity contribution in [2.45, 2.75) is 13.5 Å². The van der Waals surface area contributed by atoms with Crippen LogP contribution in [0.15, 0.2) is 28.2 Å². The van der Waals surface area contributed by atoms with Gasteiger partial charge >= 0.3 is 0 Å². The number of nitrogens with zero attached hydrogens (tertiary/aromatic N) is 1. The van der Waals surface area contributed by atoms with Gasteiger partial charge in [-0.25, -0.2) is 9.37 Å². The van der Waals surface area contributed by atoms with Crippen LogP contribution in [0.25, 0.3) is 0 Å². The van der Waals surface area contributed by atoms with E-state index in [0.29, 0.717) is 11.0 Å². The van der Waals surface area contributed by atoms with E-state index in [1.807, 2.05) is 12.4 Å². The number of benzene rings is 1. The van der Waals surface area contributed by atoms with Gasteiger partial charge in [0.25, 0.3) is 0 Å². The Balaban J connectivity index is 2.05. The molecule has 1 N–H and O–H groups in total. The van der Waals surface area contributed by atoms with Gasteiger partial charge in [-0.2, -0.15) is 0 Å². The van der Waals surface area contributed by atoms with Crippen LogP contribution < -0.4 is 5.32 Å². The molecule has 5 heteroatoms. The summed E-state index contributed by atoms with van der Waals surface area (Å²) in [5.74, 6) is -0.250. The van der Waals surface area contributed by atoms with Crippen molar-refractivity contribution in [2.24, 2.45) is 0 Å². The molecule has 16 heavy (non-hydrogen) atoms. The van der Waals surface area contributed by atoms with Crippen LogP contribution in [0.4, 0.5) is 10.1 Å². The molecule has 2 nitrogen and oxygen atoms in total. The summed E-state index contributed by atoms with van der Waals surface area (Å²) in [4.78, 5) is 5.36. The number of rotatable bonds is 3. The Kier molecular flexibility index (Phi) is 3.56. The van der Waals surface area contributed by atoms with Crippen molar-refractivity contribution in [2.75, 3.05) is 5.32 Å². The summed E-state index contributed by atoms with van der Waals surface area (Å²) in [6, 6.07) is 4.88. The molecule has 1 heterocycles. The maximum absolute atomic E-state index is 13.0. The molecule has 0 fully saturated rings. The number of aromatic nitrogens is 1. The molecular weight excluding hydrogens is 291 g/mol. The van der Waals surface area contributed by atoms with Gasteiger partial charge in [-0.05, 0) is 41.1 Å². The fourth-order valence-corrected chi connectivity index (χ4v) is 2.38. The van der Waals surface area contributed by atoms with Gasteiger partial charge in [0.15, 0.2) is 0 Å². The van der Waals surface area contributed by atoms with E-state index < -0.39 is 0 Å². The van der Waals surface area contributed by atoms with Gasteiger partial charge in [-0.1, -0.05) is 0 Å². The van der Waals surface area contributed by atoms with Crippen LogP contribution in [0.2, 0.25) is 0 Å². The lowest BCUT2D eigenvalue weighted by Crippen LogP contribution is -1.99. The highest BCUT2D eigenvalue weighted by Crippen LogP contribution is 2.21. The molecule has 0 saturated carbocycles. The van der Waals surface area contributed by atoms with E-state index in [1.165, 1.54) is 10.9 Å². The normalized spacial score (nSPS) is 10.4. The van der Waals surface area contributed by atoms with E-state index >= 15 is 0 Å². The molecule has 1 aromatic heterocycles. The van der Waals surface area contributed by atoms with Crippen molar-refractivity contribution in [3.05, 3.63) is 44.6 Å². The third-order valence-corrected chi connectivity index (χ3v) is 3.76. The predicted molar refractivity (Wildman–Crippen MR) is 68.3 cm³/mol. The van der Waals surface area contributed by atoms with E-state index in [9.17, 15) is 4.39 Å². The highest BCUT2D eigenvalue weighted by atomic mass is 79.9. The number of nitrogens with one attached hydrogen (secondary N) is 1. The molecule has 0 aliphatic carbocycles. The first-order valence-electron chi connectivity index (χ1n) is 4.74. The van der Waals surface area contributed by atoms with Crippen molar-refractivity contribution in [1.82, 2.24) is 4.98 Å². The van der Waals surface area contributed by atoms with Crippen LogP contribution in [0.3, 0.4) is 0 Å². The van der Waals surface area contributed by atoms with Gasteiger partial charge in [-0.15, -0.1) is 11.3 Å². The Labute approximate surface area is 106 Å². The summed E-state index contributed by atoms with van der Waals surface area (Å²) in [6.45, 7) is 2.70. The molecule has 0 bridgehead atoms. The smallest absolute Gasteiger partial charge is 0.137 e. The Bertz CT molecular complexity index is 498. The third-order valence-electron chi connectivity index (χ3n) is 2.22. The average Bonchev–Trinajstić information content (AvgIpc) is 2.66. The first-order valence-corrected chi connectivity index (χ1v) is 6.42. The molecule has 0 atom stereocenters. The topological polar surface area (TPSA) is 24.9 Å². The number of hydrogen-bond acceptors (Lipinski definition) is 3. The Morgan fingerprint density at radius 2 is 2.31 bits per heavy atom. The Morgan fingerprint density at radius 3 is 2.94 bits per heavy atom. The molecule has 2 aromatic rings. The number of anilines is 1. The lowest BCUT2D eigenvalue weighted by atomic mass is 10.3. The molecule has 0 radical (unpaired) electrons. The fraction of sp³-hybridized carbons (Fsp3) is 0.182. The minimum absolute atomic E-state index is 0.250. The molecule has 0 unspecified atom stereocenters. The monoisotopic (exact) mass is 300 g/mol. The summed E-state index contributed by atoms with van der Waals surface area (Å²) in [5.41, 5.74) is 3.76. The molecule has 0 aliphatic rings. The second kappa shape index (κ2) is 4.93. The number of hydrogen-bond donors (Lipinski definition) is 1. The standard InChI is InChI=1S/C11H10BrFN2S/c1-7-11(16-6-15-7)5-14-8-2-3-10(13)9(12)4-8/h2-4,6,14H,5H2,1H3. The maximum atomic E-state index is 13.0. The zero-order valence-electron chi connectivity index (χ0n) is 8.63. The molecule has 1 aromatic carbocycles. The molecule has 0 spiro atoms. The second-order valence-electron chi connectivity index (χ2n) is 3.34. The third kappa shape index (κ3) is 2.59. The van der Waals surface area contributed by atoms with Crippen LogP contribution >= 0.6 is 27.3 Å². The van der Waals surface area contributed by atoms with Crippen LogP contribution in [0, 0.1) is 12.7 Å². The largest absolute Gasteiger partial charge is 0.380 e. The summed E-state index contributed by atoms with van der Waals surface area (Å²) in [5, 5.41) is 3.23. The first-order chi connectivity index (χ1) is 7.66. The van der Waals surface area contributed by atoms with Crippen molar-refractivity contribution in [3.8, 4) is 0 Å². The maximum Gasteiger partial charge on any atom is 0.137 e. The SMILES string of the molecule is Cc1ncsc1CNc1ccc(F)c(Br)c1. The van der Waals surface area contributed by atoms with Crippen LogP contribution in [-0.4, -0.2) is 4.98 Å². The van der Waals surface area contributed by atoms with Gasteiger partial charge in [0.2, 0.25) is 0 Å². The molecule has 0 aliphatic heterocycles. The van der Waals surface area contributed by atoms with Crippen LogP contribution in [0.5, 0.6) is 0 Å². The lowest BCUT2D eigenvalue weighted by molar-refractivity contribution is 0.621. The highest BCUT2D eigenvalue weighted by Gasteiger charge is 2.03. The van der Waals surface area contributed by atoms with Crippen molar-refractivity contribution in [3.63, 3.8) is 0 Å². The van der Waals surface area contributed by atoms with Crippen molar-refractivity contribution < 1.29 is 4.39 Å². The van der Waals surface area contributed by atoms with E-state index in [4.69, 9.17) is 0 Å². The molecule has 84 valence electrons. The summed E-state index contributed by atoms with van der Waals surface area (Å²) < 4.78 is 13.5. The molecule has 2 rings (SSSR count). The Hall–Kier alpha value is -0.940. The minimum Gasteiger partial charge on any atom is -0.380 e. The summed E-state index contributed by atoms with van der Waals surface area (Å²) in [6.07, 6.45) is 0. The van der Waals surface area contributed by atoms with Crippen LogP contribution in [-0.2, 0) is 6.54 Å². The van der Waals surface area contributed by atoms with Crippen molar-refractivity contribution >= 4 is 33.0 Å². The van der Waals surface area contributed by atoms with E-state index in [0.717, 1.165) is 11.4 Å². The van der Waals surface area contributed by atoms with E-state index in [1.54, 1.807) is 23.5 Å². The number of thiazole rings is 1. The van der Waals surface area contributed by atoms with E-state index in [-0.39, 0.29) is 5.82 Å². The number of halogens is 2. The first kappa shape index (κ1) is 11.5. The minimum atomic E-state index is -0.250. The molecule has 0 amide bonds.